The van der Waals surface area contributed by atoms with Gasteiger partial charge in [-0.1, -0.05) is 13.3 Å². The number of amides is 1. The van der Waals surface area contributed by atoms with Gasteiger partial charge in [0.25, 0.3) is 5.91 Å². The van der Waals surface area contributed by atoms with Gasteiger partial charge in [-0.05, 0) is 12.5 Å². The van der Waals surface area contributed by atoms with E-state index in [0.717, 1.165) is 29.2 Å². The van der Waals surface area contributed by atoms with Gasteiger partial charge < -0.3 is 5.32 Å². The Labute approximate surface area is 87.8 Å². The van der Waals surface area contributed by atoms with E-state index < -0.39 is 0 Å². The maximum Gasteiger partial charge on any atom is 0.261 e. The Bertz CT molecular complexity index is 283. The molecule has 0 aromatic carbocycles. The van der Waals surface area contributed by atoms with E-state index in [2.05, 4.69) is 24.9 Å². The summed E-state index contributed by atoms with van der Waals surface area (Å²) in [5.41, 5.74) is 0. The number of thiophene rings is 1. The van der Waals surface area contributed by atoms with Crippen LogP contribution in [0, 0.1) is 0 Å². The van der Waals surface area contributed by atoms with Gasteiger partial charge in [-0.25, -0.2) is 0 Å². The van der Waals surface area contributed by atoms with Crippen molar-refractivity contribution >= 4 is 29.9 Å². The first-order valence-corrected chi connectivity index (χ1v) is 5.62. The van der Waals surface area contributed by atoms with Gasteiger partial charge in [0.1, 0.15) is 0 Å². The van der Waals surface area contributed by atoms with E-state index in [-0.39, 0.29) is 5.91 Å². The molecule has 0 aliphatic heterocycles. The Morgan fingerprint density at radius 3 is 3.00 bits per heavy atom. The highest BCUT2D eigenvalue weighted by Crippen LogP contribution is 2.17. The molecule has 0 radical (unpaired) electrons. The molecule has 1 heterocycles. The number of hydrogen-bond donors (Lipinski definition) is 2. The first kappa shape index (κ1) is 10.6. The van der Waals surface area contributed by atoms with Crippen LogP contribution in [0.1, 0.15) is 29.4 Å². The topological polar surface area (TPSA) is 29.1 Å². The molecule has 1 N–H and O–H groups in total. The molecule has 0 atom stereocenters. The number of carbonyl (C=O) groups excluding carboxylic acids is 1. The van der Waals surface area contributed by atoms with E-state index in [1.807, 2.05) is 5.38 Å². The Morgan fingerprint density at radius 2 is 2.46 bits per heavy atom. The standard InChI is InChI=1S/C9H13NOS2/c1-2-3-4-10-9(11)8-5-7(12)6-13-8/h5-6,12H,2-4H2,1H3,(H,10,11). The molecular formula is C9H13NOS2. The SMILES string of the molecule is CCCCNC(=O)c1cc(S)cs1. The molecule has 4 heteroatoms. The lowest BCUT2D eigenvalue weighted by molar-refractivity contribution is 0.0957. The molecule has 1 aromatic rings. The number of rotatable bonds is 4. The van der Waals surface area contributed by atoms with Crippen LogP contribution in [-0.4, -0.2) is 12.5 Å². The maximum atomic E-state index is 11.4. The zero-order valence-corrected chi connectivity index (χ0v) is 9.25. The third kappa shape index (κ3) is 3.40. The van der Waals surface area contributed by atoms with Crippen molar-refractivity contribution in [3.63, 3.8) is 0 Å². The fraction of sp³-hybridized carbons (Fsp3) is 0.444. The molecule has 0 aliphatic carbocycles. The lowest BCUT2D eigenvalue weighted by Crippen LogP contribution is -2.23. The van der Waals surface area contributed by atoms with Gasteiger partial charge >= 0.3 is 0 Å². The van der Waals surface area contributed by atoms with Crippen molar-refractivity contribution in [3.05, 3.63) is 16.3 Å². The number of unbranched alkanes of at least 4 members (excludes halogenated alkanes) is 1. The molecule has 0 bridgehead atoms. The second-order valence-electron chi connectivity index (χ2n) is 2.78. The monoisotopic (exact) mass is 215 g/mol. The summed E-state index contributed by atoms with van der Waals surface area (Å²) in [7, 11) is 0. The summed E-state index contributed by atoms with van der Waals surface area (Å²) >= 11 is 5.57. The van der Waals surface area contributed by atoms with Crippen LogP contribution in [0.3, 0.4) is 0 Å². The predicted molar refractivity (Wildman–Crippen MR) is 58.8 cm³/mol. The molecule has 0 saturated carbocycles. The zero-order valence-electron chi connectivity index (χ0n) is 7.54. The molecule has 2 nitrogen and oxygen atoms in total. The van der Waals surface area contributed by atoms with Gasteiger partial charge in [-0.15, -0.1) is 24.0 Å². The van der Waals surface area contributed by atoms with Gasteiger partial charge in [0.05, 0.1) is 4.88 Å². The highest BCUT2D eigenvalue weighted by atomic mass is 32.1. The predicted octanol–water partition coefficient (Wildman–Crippen LogP) is 2.57. The average molecular weight is 215 g/mol. The summed E-state index contributed by atoms with van der Waals surface area (Å²) in [4.78, 5) is 13.0. The van der Waals surface area contributed by atoms with Crippen LogP contribution in [-0.2, 0) is 0 Å². The van der Waals surface area contributed by atoms with Crippen molar-refractivity contribution in [1.29, 1.82) is 0 Å². The highest BCUT2D eigenvalue weighted by molar-refractivity contribution is 7.80. The summed E-state index contributed by atoms with van der Waals surface area (Å²) in [6.45, 7) is 2.86. The second kappa shape index (κ2) is 5.29. The van der Waals surface area contributed by atoms with Crippen LogP contribution in [0.15, 0.2) is 16.3 Å². The molecule has 72 valence electrons. The van der Waals surface area contributed by atoms with Gasteiger partial charge in [-0.2, -0.15) is 0 Å². The molecule has 0 unspecified atom stereocenters. The minimum atomic E-state index is 0.0127. The Balaban J connectivity index is 2.40. The summed E-state index contributed by atoms with van der Waals surface area (Å²) in [6, 6.07) is 1.79. The Kier molecular flexibility index (Phi) is 4.32. The number of thiol groups is 1. The van der Waals surface area contributed by atoms with Crippen molar-refractivity contribution < 1.29 is 4.79 Å². The van der Waals surface area contributed by atoms with Crippen molar-refractivity contribution in [1.82, 2.24) is 5.32 Å². The summed E-state index contributed by atoms with van der Waals surface area (Å²) < 4.78 is 0. The number of hydrogen-bond acceptors (Lipinski definition) is 3. The fourth-order valence-electron chi connectivity index (χ4n) is 0.911. The number of carbonyl (C=O) groups is 1. The third-order valence-corrected chi connectivity index (χ3v) is 2.99. The number of nitrogens with one attached hydrogen (secondary N) is 1. The zero-order chi connectivity index (χ0) is 9.68. The normalized spacial score (nSPS) is 10.0. The quantitative estimate of drug-likeness (QED) is 0.586. The molecule has 13 heavy (non-hydrogen) atoms. The van der Waals surface area contributed by atoms with Crippen LogP contribution < -0.4 is 5.32 Å². The molecule has 1 rings (SSSR count). The molecule has 0 fully saturated rings. The van der Waals surface area contributed by atoms with Crippen LogP contribution in [0.2, 0.25) is 0 Å². The highest BCUT2D eigenvalue weighted by Gasteiger charge is 2.06. The van der Waals surface area contributed by atoms with Crippen LogP contribution >= 0.6 is 24.0 Å². The van der Waals surface area contributed by atoms with Crippen molar-refractivity contribution in [3.8, 4) is 0 Å². The molecule has 1 aromatic heterocycles. The largest absolute Gasteiger partial charge is 0.351 e. The van der Waals surface area contributed by atoms with E-state index in [1.165, 1.54) is 11.3 Å². The minimum absolute atomic E-state index is 0.0127. The summed E-state index contributed by atoms with van der Waals surface area (Å²) in [5, 5.41) is 4.71. The van der Waals surface area contributed by atoms with Crippen LogP contribution in [0.25, 0.3) is 0 Å². The van der Waals surface area contributed by atoms with Crippen molar-refractivity contribution in [2.75, 3.05) is 6.54 Å². The lowest BCUT2D eigenvalue weighted by atomic mass is 10.3. The average Bonchev–Trinajstić information content (AvgIpc) is 2.52. The molecule has 0 spiro atoms. The van der Waals surface area contributed by atoms with Gasteiger partial charge in [-0.3, -0.25) is 4.79 Å². The Hall–Kier alpha value is -0.480. The first-order valence-electron chi connectivity index (χ1n) is 4.29. The van der Waals surface area contributed by atoms with Crippen molar-refractivity contribution in [2.24, 2.45) is 0 Å². The van der Waals surface area contributed by atoms with Gasteiger partial charge in [0.15, 0.2) is 0 Å². The third-order valence-electron chi connectivity index (χ3n) is 1.63. The molecule has 1 amide bonds. The van der Waals surface area contributed by atoms with Crippen LogP contribution in [0.5, 0.6) is 0 Å². The smallest absolute Gasteiger partial charge is 0.261 e. The maximum absolute atomic E-state index is 11.4. The van der Waals surface area contributed by atoms with E-state index in [4.69, 9.17) is 0 Å². The lowest BCUT2D eigenvalue weighted by Gasteiger charge is -2.00. The molecular weight excluding hydrogens is 202 g/mol. The van der Waals surface area contributed by atoms with Gasteiger partial charge in [0.2, 0.25) is 0 Å². The van der Waals surface area contributed by atoms with Crippen molar-refractivity contribution in [2.45, 2.75) is 24.7 Å². The molecule has 0 aliphatic rings. The van der Waals surface area contributed by atoms with E-state index in [1.54, 1.807) is 6.07 Å². The molecule has 0 saturated heterocycles. The van der Waals surface area contributed by atoms with Crippen LogP contribution in [0.4, 0.5) is 0 Å². The van der Waals surface area contributed by atoms with E-state index in [9.17, 15) is 4.79 Å². The second-order valence-corrected chi connectivity index (χ2v) is 4.21. The van der Waals surface area contributed by atoms with E-state index in [0.29, 0.717) is 0 Å². The Morgan fingerprint density at radius 1 is 1.69 bits per heavy atom. The fourth-order valence-corrected chi connectivity index (χ4v) is 1.98. The van der Waals surface area contributed by atoms with Gasteiger partial charge in [0, 0.05) is 16.8 Å². The summed E-state index contributed by atoms with van der Waals surface area (Å²) in [5.74, 6) is 0.0127. The first-order chi connectivity index (χ1) is 6.24. The minimum Gasteiger partial charge on any atom is -0.351 e. The summed E-state index contributed by atoms with van der Waals surface area (Å²) in [6.07, 6.45) is 2.13. The van der Waals surface area contributed by atoms with E-state index >= 15 is 0 Å².